The molecule has 0 aromatic carbocycles. The van der Waals surface area contributed by atoms with Crippen LogP contribution in [0.25, 0.3) is 0 Å². The maximum absolute atomic E-state index is 9.11. The average Bonchev–Trinajstić information content (AvgIpc) is 3.68. The minimum absolute atomic E-state index is 0.0174. The molecule has 2 saturated heterocycles. The van der Waals surface area contributed by atoms with Gasteiger partial charge in [-0.1, -0.05) is 58.3 Å². The highest BCUT2D eigenvalue weighted by Crippen LogP contribution is 2.33. The van der Waals surface area contributed by atoms with Crippen LogP contribution in [0.5, 0.6) is 0 Å². The van der Waals surface area contributed by atoms with E-state index in [-0.39, 0.29) is 69.7 Å². The zero-order valence-electron chi connectivity index (χ0n) is 27.3. The number of unbranched alkanes of at least 4 members (excludes halogenated alkanes) is 8. The number of aliphatic hydroxyl groups is 1. The number of aliphatic hydroxyl groups excluding tert-OH is 1. The van der Waals surface area contributed by atoms with Gasteiger partial charge in [0.2, 0.25) is 0 Å². The van der Waals surface area contributed by atoms with Gasteiger partial charge in [-0.25, -0.2) is 0 Å². The molecule has 1 N–H and O–H groups in total. The van der Waals surface area contributed by atoms with E-state index in [1.807, 2.05) is 0 Å². The second-order valence-electron chi connectivity index (χ2n) is 12.1. The summed E-state index contributed by atoms with van der Waals surface area (Å²) in [6, 6.07) is 0. The normalized spacial score (nSPS) is 24.8. The van der Waals surface area contributed by atoms with Crippen molar-refractivity contribution in [1.29, 1.82) is 0 Å². The van der Waals surface area contributed by atoms with Crippen molar-refractivity contribution >= 4 is 0 Å². The Morgan fingerprint density at radius 2 is 1.05 bits per heavy atom. The van der Waals surface area contributed by atoms with Gasteiger partial charge in [0.05, 0.1) is 42.7 Å². The Hall–Kier alpha value is -0.360. The van der Waals surface area contributed by atoms with Crippen LogP contribution in [0.3, 0.4) is 0 Å². The zero-order chi connectivity index (χ0) is 30.3. The van der Waals surface area contributed by atoms with Gasteiger partial charge in [-0.3, -0.25) is 0 Å². The third-order valence-corrected chi connectivity index (χ3v) is 8.68. The molecule has 2 heterocycles. The lowest BCUT2D eigenvalue weighted by Gasteiger charge is -2.29. The molecule has 2 aliphatic heterocycles. The van der Waals surface area contributed by atoms with E-state index < -0.39 is 0 Å². The van der Waals surface area contributed by atoms with Crippen LogP contribution in [0.1, 0.15) is 122 Å². The average molecular weight is 605 g/mol. The summed E-state index contributed by atoms with van der Waals surface area (Å²) >= 11 is 0. The monoisotopic (exact) mass is 604 g/mol. The molecule has 0 saturated carbocycles. The van der Waals surface area contributed by atoms with Gasteiger partial charge in [-0.05, 0) is 64.2 Å². The Bertz CT molecular complexity index is 610. The highest BCUT2D eigenvalue weighted by molar-refractivity contribution is 4.87. The first-order valence-corrected chi connectivity index (χ1v) is 16.9. The standard InChI is InChI=1S/C33H64O9/c1-5-6-7-8-9-10-11-12-16-28(38-24-35-2)32-21-22-33(42-32)30(40-26-37-4)20-19-29(39-25-36-3)31-18-17-27(41-31)15-13-14-23-34/h27-34H,5-26H2,1-4H3/t27-,28-,29+,30-,31+,32-,33-/m1/s1. The minimum Gasteiger partial charge on any atom is -0.396 e. The van der Waals surface area contributed by atoms with Crippen molar-refractivity contribution in [3.63, 3.8) is 0 Å². The van der Waals surface area contributed by atoms with Crippen LogP contribution in [0.2, 0.25) is 0 Å². The molecule has 0 unspecified atom stereocenters. The molecule has 7 atom stereocenters. The predicted molar refractivity (Wildman–Crippen MR) is 163 cm³/mol. The van der Waals surface area contributed by atoms with Crippen molar-refractivity contribution < 1.29 is 43.0 Å². The summed E-state index contributed by atoms with van der Waals surface area (Å²) < 4.78 is 47.2. The smallest absolute Gasteiger partial charge is 0.146 e. The molecular formula is C33H64O9. The van der Waals surface area contributed by atoms with E-state index in [4.69, 9.17) is 43.0 Å². The second-order valence-corrected chi connectivity index (χ2v) is 12.1. The van der Waals surface area contributed by atoms with Gasteiger partial charge in [0.25, 0.3) is 0 Å². The maximum Gasteiger partial charge on any atom is 0.146 e. The minimum atomic E-state index is -0.100. The van der Waals surface area contributed by atoms with E-state index >= 15 is 0 Å². The summed E-state index contributed by atoms with van der Waals surface area (Å²) in [6.07, 6.45) is 19.8. The second kappa shape index (κ2) is 24.9. The molecule has 0 aromatic heterocycles. The van der Waals surface area contributed by atoms with Crippen molar-refractivity contribution in [1.82, 2.24) is 0 Å². The van der Waals surface area contributed by atoms with Crippen molar-refractivity contribution in [2.24, 2.45) is 0 Å². The van der Waals surface area contributed by atoms with Crippen LogP contribution in [-0.2, 0) is 37.9 Å². The molecule has 0 bridgehead atoms. The number of hydrogen-bond donors (Lipinski definition) is 1. The Morgan fingerprint density at radius 1 is 0.571 bits per heavy atom. The molecule has 2 rings (SSSR count). The highest BCUT2D eigenvalue weighted by Gasteiger charge is 2.38. The lowest BCUT2D eigenvalue weighted by molar-refractivity contribution is -0.165. The number of methoxy groups -OCH3 is 3. The van der Waals surface area contributed by atoms with E-state index in [9.17, 15) is 0 Å². The van der Waals surface area contributed by atoms with E-state index in [0.717, 1.165) is 70.6 Å². The van der Waals surface area contributed by atoms with Crippen molar-refractivity contribution in [3.8, 4) is 0 Å². The topological polar surface area (TPSA) is 94.1 Å². The molecular weight excluding hydrogens is 540 g/mol. The molecule has 9 heteroatoms. The van der Waals surface area contributed by atoms with Gasteiger partial charge in [0, 0.05) is 27.9 Å². The SMILES string of the molecule is CCCCCCCCCC[C@@H](OCOC)[C@H]1CC[C@H]([C@@H](CC[C@H](OCOC)[C@@H]2CC[C@@H](CCCCO)O2)OCOC)O1. The fourth-order valence-corrected chi connectivity index (χ4v) is 6.34. The molecule has 0 amide bonds. The van der Waals surface area contributed by atoms with Gasteiger partial charge in [-0.2, -0.15) is 0 Å². The lowest BCUT2D eigenvalue weighted by Crippen LogP contribution is -2.36. The summed E-state index contributed by atoms with van der Waals surface area (Å²) in [5, 5.41) is 9.11. The maximum atomic E-state index is 9.11. The van der Waals surface area contributed by atoms with E-state index in [1.54, 1.807) is 21.3 Å². The van der Waals surface area contributed by atoms with Crippen LogP contribution in [0.15, 0.2) is 0 Å². The van der Waals surface area contributed by atoms with Gasteiger partial charge in [-0.15, -0.1) is 0 Å². The molecule has 2 aliphatic rings. The number of hydrogen-bond acceptors (Lipinski definition) is 9. The largest absolute Gasteiger partial charge is 0.396 e. The van der Waals surface area contributed by atoms with E-state index in [1.165, 1.54) is 44.9 Å². The summed E-state index contributed by atoms with van der Waals surface area (Å²) in [6.45, 7) is 3.26. The van der Waals surface area contributed by atoms with Crippen molar-refractivity contribution in [3.05, 3.63) is 0 Å². The Balaban J connectivity index is 1.87. The fraction of sp³-hybridized carbons (Fsp3) is 1.00. The van der Waals surface area contributed by atoms with Crippen LogP contribution in [0.4, 0.5) is 0 Å². The molecule has 0 radical (unpaired) electrons. The Morgan fingerprint density at radius 3 is 1.57 bits per heavy atom. The zero-order valence-corrected chi connectivity index (χ0v) is 27.3. The third kappa shape index (κ3) is 15.6. The fourth-order valence-electron chi connectivity index (χ4n) is 6.34. The van der Waals surface area contributed by atoms with E-state index in [2.05, 4.69) is 6.92 Å². The first-order chi connectivity index (χ1) is 20.7. The first-order valence-electron chi connectivity index (χ1n) is 16.9. The summed E-state index contributed by atoms with van der Waals surface area (Å²) in [7, 11) is 4.98. The Kier molecular flexibility index (Phi) is 22.4. The lowest BCUT2D eigenvalue weighted by atomic mass is 9.98. The van der Waals surface area contributed by atoms with E-state index in [0.29, 0.717) is 0 Å². The third-order valence-electron chi connectivity index (χ3n) is 8.68. The van der Waals surface area contributed by atoms with Crippen molar-refractivity contribution in [2.75, 3.05) is 48.3 Å². The van der Waals surface area contributed by atoms with Crippen LogP contribution < -0.4 is 0 Å². The number of ether oxygens (including phenoxy) is 8. The van der Waals surface area contributed by atoms with Gasteiger partial charge < -0.3 is 43.0 Å². The molecule has 0 spiro atoms. The quantitative estimate of drug-likeness (QED) is 0.0791. The van der Waals surface area contributed by atoms with Gasteiger partial charge in [0.1, 0.15) is 20.4 Å². The molecule has 0 aliphatic carbocycles. The van der Waals surface area contributed by atoms with Crippen LogP contribution in [-0.4, -0.2) is 96.1 Å². The predicted octanol–water partition coefficient (Wildman–Crippen LogP) is 6.52. The van der Waals surface area contributed by atoms with Gasteiger partial charge >= 0.3 is 0 Å². The molecule has 250 valence electrons. The molecule has 0 aromatic rings. The number of rotatable bonds is 28. The molecule has 9 nitrogen and oxygen atoms in total. The molecule has 42 heavy (non-hydrogen) atoms. The van der Waals surface area contributed by atoms with Crippen molar-refractivity contribution in [2.45, 2.75) is 165 Å². The highest BCUT2D eigenvalue weighted by atomic mass is 16.7. The summed E-state index contributed by atoms with van der Waals surface area (Å²) in [4.78, 5) is 0. The van der Waals surface area contributed by atoms with Gasteiger partial charge in [0.15, 0.2) is 0 Å². The van der Waals surface area contributed by atoms with Crippen LogP contribution >= 0.6 is 0 Å². The summed E-state index contributed by atoms with van der Waals surface area (Å²) in [5.74, 6) is 0. The summed E-state index contributed by atoms with van der Waals surface area (Å²) in [5.41, 5.74) is 0. The van der Waals surface area contributed by atoms with Crippen LogP contribution in [0, 0.1) is 0 Å². The first kappa shape index (κ1) is 37.8. The molecule has 2 fully saturated rings. The Labute approximate surface area is 256 Å².